The molecule has 2 heteroatoms. The predicted octanol–water partition coefficient (Wildman–Crippen LogP) is 2.54. The van der Waals surface area contributed by atoms with Crippen LogP contribution < -0.4 is 0 Å². The molecule has 90 valence electrons. The van der Waals surface area contributed by atoms with Crippen LogP contribution in [0.5, 0.6) is 0 Å². The topological polar surface area (TPSA) is 37.3 Å². The van der Waals surface area contributed by atoms with Gasteiger partial charge in [-0.3, -0.25) is 4.79 Å². The standard InChI is InChI=1S/C14H22O2/c1-9-10-5-4-7-12(13(10)15)14(16)8-3-2-6-11(9)14/h9-12,16H,2-8H2,1H3/t9?,10?,11?,12-,14?/m1/s1. The van der Waals surface area contributed by atoms with Gasteiger partial charge in [0.2, 0.25) is 0 Å². The Balaban J connectivity index is 2.00. The van der Waals surface area contributed by atoms with Gasteiger partial charge in [-0.25, -0.2) is 0 Å². The maximum Gasteiger partial charge on any atom is 0.142 e. The second kappa shape index (κ2) is 3.56. The third kappa shape index (κ3) is 1.25. The Morgan fingerprint density at radius 3 is 2.81 bits per heavy atom. The molecule has 0 aliphatic heterocycles. The van der Waals surface area contributed by atoms with Crippen molar-refractivity contribution in [3.05, 3.63) is 0 Å². The fourth-order valence-corrected chi connectivity index (χ4v) is 4.74. The summed E-state index contributed by atoms with van der Waals surface area (Å²) in [5, 5.41) is 10.9. The Labute approximate surface area is 97.4 Å². The van der Waals surface area contributed by atoms with Gasteiger partial charge >= 0.3 is 0 Å². The Bertz CT molecular complexity index is 312. The Morgan fingerprint density at radius 1 is 1.19 bits per heavy atom. The van der Waals surface area contributed by atoms with Gasteiger partial charge in [0, 0.05) is 11.8 Å². The third-order valence-corrected chi connectivity index (χ3v) is 5.57. The summed E-state index contributed by atoms with van der Waals surface area (Å²) in [6, 6.07) is 0. The minimum atomic E-state index is -0.633. The minimum absolute atomic E-state index is 0.0206. The van der Waals surface area contributed by atoms with Crippen LogP contribution in [0.4, 0.5) is 0 Å². The van der Waals surface area contributed by atoms with Crippen LogP contribution in [0.1, 0.15) is 51.9 Å². The molecule has 3 rings (SSSR count). The van der Waals surface area contributed by atoms with E-state index in [1.54, 1.807) is 0 Å². The summed E-state index contributed by atoms with van der Waals surface area (Å²) in [7, 11) is 0. The maximum atomic E-state index is 12.3. The number of Topliss-reactive ketones (excluding diaryl/α,β-unsaturated/α-hetero) is 1. The predicted molar refractivity (Wildman–Crippen MR) is 61.9 cm³/mol. The van der Waals surface area contributed by atoms with Gasteiger partial charge in [0.05, 0.1) is 5.60 Å². The van der Waals surface area contributed by atoms with E-state index in [1.807, 2.05) is 0 Å². The van der Waals surface area contributed by atoms with E-state index < -0.39 is 5.60 Å². The molecule has 4 unspecified atom stereocenters. The lowest BCUT2D eigenvalue weighted by atomic mass is 9.51. The molecule has 3 aliphatic carbocycles. The molecule has 0 aromatic rings. The number of carbonyl (C=O) groups is 1. The summed E-state index contributed by atoms with van der Waals surface area (Å²) in [5.41, 5.74) is -0.633. The lowest BCUT2D eigenvalue weighted by molar-refractivity contribution is -0.179. The molecule has 0 amide bonds. The Hall–Kier alpha value is -0.370. The van der Waals surface area contributed by atoms with Crippen molar-refractivity contribution in [1.29, 1.82) is 0 Å². The van der Waals surface area contributed by atoms with Gasteiger partial charge in [0.1, 0.15) is 5.78 Å². The van der Waals surface area contributed by atoms with Crippen molar-refractivity contribution in [1.82, 2.24) is 0 Å². The normalized spacial score (nSPS) is 52.2. The first-order valence-electron chi connectivity index (χ1n) is 6.90. The summed E-state index contributed by atoms with van der Waals surface area (Å²) in [5.74, 6) is 1.44. The molecular formula is C14H22O2. The Kier molecular flexibility index (Phi) is 2.39. The highest BCUT2D eigenvalue weighted by Gasteiger charge is 2.58. The van der Waals surface area contributed by atoms with Crippen LogP contribution in [-0.4, -0.2) is 16.5 Å². The summed E-state index contributed by atoms with van der Waals surface area (Å²) in [6.07, 6.45) is 7.50. The van der Waals surface area contributed by atoms with Crippen molar-refractivity contribution in [2.75, 3.05) is 0 Å². The number of rotatable bonds is 0. The first kappa shape index (κ1) is 10.8. The SMILES string of the molecule is CC1C2CCC[C@H](C2=O)C2(O)CCCCC12. The highest BCUT2D eigenvalue weighted by Crippen LogP contribution is 2.54. The molecule has 3 saturated carbocycles. The van der Waals surface area contributed by atoms with Crippen molar-refractivity contribution in [3.8, 4) is 0 Å². The number of ketones is 1. The molecule has 0 saturated heterocycles. The van der Waals surface area contributed by atoms with Crippen LogP contribution in [-0.2, 0) is 4.79 Å². The highest BCUT2D eigenvalue weighted by molar-refractivity contribution is 5.86. The lowest BCUT2D eigenvalue weighted by Crippen LogP contribution is -2.61. The zero-order valence-electron chi connectivity index (χ0n) is 10.1. The number of fused-ring (bicyclic) bond motifs is 4. The van der Waals surface area contributed by atoms with E-state index in [-0.39, 0.29) is 11.8 Å². The molecule has 0 heterocycles. The van der Waals surface area contributed by atoms with Crippen LogP contribution in [0, 0.1) is 23.7 Å². The molecule has 2 nitrogen and oxygen atoms in total. The van der Waals surface area contributed by atoms with Crippen LogP contribution in [0.3, 0.4) is 0 Å². The average molecular weight is 222 g/mol. The van der Waals surface area contributed by atoms with Crippen LogP contribution >= 0.6 is 0 Å². The quantitative estimate of drug-likeness (QED) is 0.684. The van der Waals surface area contributed by atoms with Gasteiger partial charge in [-0.15, -0.1) is 0 Å². The molecule has 1 N–H and O–H groups in total. The van der Waals surface area contributed by atoms with Gasteiger partial charge in [-0.1, -0.05) is 26.2 Å². The first-order chi connectivity index (χ1) is 7.64. The van der Waals surface area contributed by atoms with Crippen molar-refractivity contribution >= 4 is 5.78 Å². The molecule has 0 radical (unpaired) electrons. The highest BCUT2D eigenvalue weighted by atomic mass is 16.3. The average Bonchev–Trinajstić information content (AvgIpc) is 2.27. The molecule has 3 aliphatic rings. The zero-order valence-corrected chi connectivity index (χ0v) is 10.1. The first-order valence-corrected chi connectivity index (χ1v) is 6.90. The molecule has 2 bridgehead atoms. The number of hydrogen-bond donors (Lipinski definition) is 1. The second-order valence-electron chi connectivity index (χ2n) is 6.19. The van der Waals surface area contributed by atoms with Gasteiger partial charge in [-0.2, -0.15) is 0 Å². The van der Waals surface area contributed by atoms with Crippen molar-refractivity contribution in [3.63, 3.8) is 0 Å². The van der Waals surface area contributed by atoms with Crippen molar-refractivity contribution in [2.24, 2.45) is 23.7 Å². The smallest absolute Gasteiger partial charge is 0.142 e. The molecule has 5 atom stereocenters. The minimum Gasteiger partial charge on any atom is -0.389 e. The number of aliphatic hydroxyl groups is 1. The Morgan fingerprint density at radius 2 is 2.00 bits per heavy atom. The van der Waals surface area contributed by atoms with Gasteiger partial charge in [-0.05, 0) is 37.5 Å². The van der Waals surface area contributed by atoms with E-state index in [1.165, 1.54) is 6.42 Å². The van der Waals surface area contributed by atoms with E-state index >= 15 is 0 Å². The molecule has 0 aromatic carbocycles. The van der Waals surface area contributed by atoms with Crippen LogP contribution in [0.2, 0.25) is 0 Å². The van der Waals surface area contributed by atoms with E-state index in [0.29, 0.717) is 17.6 Å². The molecular weight excluding hydrogens is 200 g/mol. The van der Waals surface area contributed by atoms with Crippen LogP contribution in [0.15, 0.2) is 0 Å². The van der Waals surface area contributed by atoms with Crippen molar-refractivity contribution in [2.45, 2.75) is 57.5 Å². The fraction of sp³-hybridized carbons (Fsp3) is 0.929. The lowest BCUT2D eigenvalue weighted by Gasteiger charge is -2.55. The molecule has 0 spiro atoms. The summed E-state index contributed by atoms with van der Waals surface area (Å²) >= 11 is 0. The van der Waals surface area contributed by atoms with Gasteiger partial charge in [0.25, 0.3) is 0 Å². The summed E-state index contributed by atoms with van der Waals surface area (Å²) in [4.78, 5) is 12.3. The van der Waals surface area contributed by atoms with E-state index in [2.05, 4.69) is 6.92 Å². The number of carbonyl (C=O) groups excluding carboxylic acids is 1. The molecule has 0 aromatic heterocycles. The monoisotopic (exact) mass is 222 g/mol. The van der Waals surface area contributed by atoms with E-state index in [0.717, 1.165) is 38.5 Å². The van der Waals surface area contributed by atoms with E-state index in [9.17, 15) is 9.90 Å². The van der Waals surface area contributed by atoms with Crippen LogP contribution in [0.25, 0.3) is 0 Å². The molecule has 16 heavy (non-hydrogen) atoms. The number of hydrogen-bond acceptors (Lipinski definition) is 2. The maximum absolute atomic E-state index is 12.3. The zero-order chi connectivity index (χ0) is 11.3. The second-order valence-corrected chi connectivity index (χ2v) is 6.19. The van der Waals surface area contributed by atoms with Gasteiger partial charge < -0.3 is 5.11 Å². The van der Waals surface area contributed by atoms with E-state index in [4.69, 9.17) is 0 Å². The van der Waals surface area contributed by atoms with Crippen molar-refractivity contribution < 1.29 is 9.90 Å². The van der Waals surface area contributed by atoms with Gasteiger partial charge in [0.15, 0.2) is 0 Å². The summed E-state index contributed by atoms with van der Waals surface area (Å²) < 4.78 is 0. The fourth-order valence-electron chi connectivity index (χ4n) is 4.74. The largest absolute Gasteiger partial charge is 0.389 e. The third-order valence-electron chi connectivity index (χ3n) is 5.57. The summed E-state index contributed by atoms with van der Waals surface area (Å²) in [6.45, 7) is 2.20. The molecule has 3 fully saturated rings.